The molecule has 0 radical (unpaired) electrons. The highest BCUT2D eigenvalue weighted by molar-refractivity contribution is 6.04. The van der Waals surface area contributed by atoms with Crippen LogP contribution in [0, 0.1) is 6.92 Å². The average Bonchev–Trinajstić information content (AvgIpc) is 2.48. The van der Waals surface area contributed by atoms with Gasteiger partial charge in [0, 0.05) is 11.3 Å². The minimum Gasteiger partial charge on any atom is -0.488 e. The van der Waals surface area contributed by atoms with Crippen LogP contribution in [0.3, 0.4) is 0 Å². The molecule has 0 atom stereocenters. The van der Waals surface area contributed by atoms with Crippen molar-refractivity contribution in [3.63, 3.8) is 0 Å². The smallest absolute Gasteiger partial charge is 0.255 e. The lowest BCUT2D eigenvalue weighted by Crippen LogP contribution is -2.23. The number of hydrogen-bond acceptors (Lipinski definition) is 3. The van der Waals surface area contributed by atoms with Crippen molar-refractivity contribution >= 4 is 11.6 Å². The summed E-state index contributed by atoms with van der Waals surface area (Å²) in [5, 5.41) is 12.1. The van der Waals surface area contributed by atoms with E-state index in [1.165, 1.54) is 0 Å². The molecule has 0 aromatic heterocycles. The van der Waals surface area contributed by atoms with Crippen molar-refractivity contribution in [1.82, 2.24) is 0 Å². The molecule has 0 aliphatic heterocycles. The number of hydrogen-bond donors (Lipinski definition) is 2. The lowest BCUT2D eigenvalue weighted by Gasteiger charge is -2.21. The number of aliphatic hydroxyl groups is 1. The van der Waals surface area contributed by atoms with E-state index in [4.69, 9.17) is 4.74 Å². The Morgan fingerprint density at radius 2 is 1.78 bits per heavy atom. The normalized spacial score (nSPS) is 11.2. The zero-order chi connectivity index (χ0) is 17.0. The molecule has 0 spiro atoms. The molecule has 0 fully saturated rings. The van der Waals surface area contributed by atoms with E-state index >= 15 is 0 Å². The van der Waals surface area contributed by atoms with Gasteiger partial charge in [-0.3, -0.25) is 4.79 Å². The first-order valence-electron chi connectivity index (χ1n) is 7.59. The van der Waals surface area contributed by atoms with E-state index < -0.39 is 0 Å². The minimum absolute atomic E-state index is 0.0536. The zero-order valence-corrected chi connectivity index (χ0v) is 14.0. The predicted molar refractivity (Wildman–Crippen MR) is 91.9 cm³/mol. The van der Waals surface area contributed by atoms with Crippen molar-refractivity contribution in [2.75, 3.05) is 5.32 Å². The number of benzene rings is 2. The van der Waals surface area contributed by atoms with Gasteiger partial charge < -0.3 is 15.2 Å². The maximum absolute atomic E-state index is 12.3. The molecule has 0 aliphatic rings. The standard InChI is InChI=1S/C19H23NO3/c1-13-5-6-14(12-21)11-17(13)20-18(22)15-7-9-16(10-8-15)23-19(2,3)4/h5-11,21H,12H2,1-4H3,(H,20,22). The number of anilines is 1. The third-order valence-corrected chi connectivity index (χ3v) is 3.27. The van der Waals surface area contributed by atoms with Crippen LogP contribution in [0.2, 0.25) is 0 Å². The molecule has 2 N–H and O–H groups in total. The van der Waals surface area contributed by atoms with Gasteiger partial charge in [0.25, 0.3) is 5.91 Å². The molecule has 0 saturated carbocycles. The lowest BCUT2D eigenvalue weighted by molar-refractivity contribution is 0.102. The quantitative estimate of drug-likeness (QED) is 0.899. The van der Waals surface area contributed by atoms with Gasteiger partial charge in [-0.2, -0.15) is 0 Å². The molecule has 0 unspecified atom stereocenters. The number of aliphatic hydroxyl groups excluding tert-OH is 1. The van der Waals surface area contributed by atoms with E-state index in [9.17, 15) is 9.90 Å². The van der Waals surface area contributed by atoms with Gasteiger partial charge in [0.15, 0.2) is 0 Å². The summed E-state index contributed by atoms with van der Waals surface area (Å²) in [7, 11) is 0. The van der Waals surface area contributed by atoms with Crippen molar-refractivity contribution in [1.29, 1.82) is 0 Å². The number of nitrogens with one attached hydrogen (secondary N) is 1. The van der Waals surface area contributed by atoms with Crippen molar-refractivity contribution < 1.29 is 14.6 Å². The maximum atomic E-state index is 12.3. The first-order valence-corrected chi connectivity index (χ1v) is 7.59. The molecule has 0 aliphatic carbocycles. The Morgan fingerprint density at radius 1 is 1.13 bits per heavy atom. The molecule has 1 amide bonds. The van der Waals surface area contributed by atoms with E-state index in [1.54, 1.807) is 30.3 Å². The zero-order valence-electron chi connectivity index (χ0n) is 14.0. The van der Waals surface area contributed by atoms with Crippen LogP contribution in [-0.4, -0.2) is 16.6 Å². The highest BCUT2D eigenvalue weighted by atomic mass is 16.5. The number of rotatable bonds is 4. The van der Waals surface area contributed by atoms with Crippen LogP contribution in [0.1, 0.15) is 42.3 Å². The molecule has 4 nitrogen and oxygen atoms in total. The molecule has 2 aromatic rings. The number of amides is 1. The van der Waals surface area contributed by atoms with E-state index in [0.717, 1.165) is 16.9 Å². The summed E-state index contributed by atoms with van der Waals surface area (Å²) in [4.78, 5) is 12.3. The molecular formula is C19H23NO3. The fourth-order valence-corrected chi connectivity index (χ4v) is 2.12. The van der Waals surface area contributed by atoms with E-state index in [-0.39, 0.29) is 18.1 Å². The predicted octanol–water partition coefficient (Wildman–Crippen LogP) is 3.92. The summed E-state index contributed by atoms with van der Waals surface area (Å²) in [5.74, 6) is 0.540. The van der Waals surface area contributed by atoms with Crippen LogP contribution in [0.4, 0.5) is 5.69 Å². The third kappa shape index (κ3) is 4.83. The van der Waals surface area contributed by atoms with Gasteiger partial charge in [-0.25, -0.2) is 0 Å². The summed E-state index contributed by atoms with van der Waals surface area (Å²) < 4.78 is 5.74. The number of ether oxygens (including phenoxy) is 1. The second-order valence-corrected chi connectivity index (χ2v) is 6.50. The van der Waals surface area contributed by atoms with Gasteiger partial charge in [0.2, 0.25) is 0 Å². The van der Waals surface area contributed by atoms with Gasteiger partial charge in [-0.15, -0.1) is 0 Å². The second-order valence-electron chi connectivity index (χ2n) is 6.50. The maximum Gasteiger partial charge on any atom is 0.255 e. The monoisotopic (exact) mass is 313 g/mol. The Morgan fingerprint density at radius 3 is 2.35 bits per heavy atom. The molecular weight excluding hydrogens is 290 g/mol. The van der Waals surface area contributed by atoms with Crippen molar-refractivity contribution in [2.24, 2.45) is 0 Å². The molecule has 4 heteroatoms. The molecule has 2 aromatic carbocycles. The van der Waals surface area contributed by atoms with Crippen LogP contribution >= 0.6 is 0 Å². The van der Waals surface area contributed by atoms with Crippen LogP contribution < -0.4 is 10.1 Å². The minimum atomic E-state index is -0.272. The molecule has 2 rings (SSSR count). The largest absolute Gasteiger partial charge is 0.488 e. The fraction of sp³-hybridized carbons (Fsp3) is 0.316. The topological polar surface area (TPSA) is 58.6 Å². The first kappa shape index (κ1) is 17.0. The molecule has 122 valence electrons. The summed E-state index contributed by atoms with van der Waals surface area (Å²) in [6.45, 7) is 7.79. The molecule has 0 bridgehead atoms. The summed E-state index contributed by atoms with van der Waals surface area (Å²) in [6, 6.07) is 12.5. The Kier molecular flexibility index (Phi) is 5.06. The van der Waals surface area contributed by atoms with Crippen LogP contribution in [-0.2, 0) is 6.61 Å². The van der Waals surface area contributed by atoms with Crippen LogP contribution in [0.15, 0.2) is 42.5 Å². The van der Waals surface area contributed by atoms with E-state index in [0.29, 0.717) is 11.3 Å². The third-order valence-electron chi connectivity index (χ3n) is 3.27. The highest BCUT2D eigenvalue weighted by Gasteiger charge is 2.13. The van der Waals surface area contributed by atoms with Crippen LogP contribution in [0.5, 0.6) is 5.75 Å². The molecule has 0 saturated heterocycles. The molecule has 23 heavy (non-hydrogen) atoms. The number of aryl methyl sites for hydroxylation is 1. The Hall–Kier alpha value is -2.33. The van der Waals surface area contributed by atoms with Crippen molar-refractivity contribution in [2.45, 2.75) is 39.9 Å². The SMILES string of the molecule is Cc1ccc(CO)cc1NC(=O)c1ccc(OC(C)(C)C)cc1. The van der Waals surface area contributed by atoms with Gasteiger partial charge >= 0.3 is 0 Å². The van der Waals surface area contributed by atoms with Crippen molar-refractivity contribution in [3.05, 3.63) is 59.2 Å². The lowest BCUT2D eigenvalue weighted by atomic mass is 10.1. The van der Waals surface area contributed by atoms with Gasteiger partial charge in [0.05, 0.1) is 6.61 Å². The Balaban J connectivity index is 2.12. The highest BCUT2D eigenvalue weighted by Crippen LogP contribution is 2.21. The Labute approximate surface area is 137 Å². The summed E-state index contributed by atoms with van der Waals surface area (Å²) >= 11 is 0. The number of carbonyl (C=O) groups excluding carboxylic acids is 1. The fourth-order valence-electron chi connectivity index (χ4n) is 2.12. The van der Waals surface area contributed by atoms with E-state index in [2.05, 4.69) is 5.32 Å². The van der Waals surface area contributed by atoms with Gasteiger partial charge in [-0.1, -0.05) is 12.1 Å². The van der Waals surface area contributed by atoms with Crippen molar-refractivity contribution in [3.8, 4) is 5.75 Å². The second kappa shape index (κ2) is 6.84. The van der Waals surface area contributed by atoms with E-state index in [1.807, 2.05) is 39.8 Å². The summed E-state index contributed by atoms with van der Waals surface area (Å²) in [6.07, 6.45) is 0. The average molecular weight is 313 g/mol. The molecule has 0 heterocycles. The summed E-state index contributed by atoms with van der Waals surface area (Å²) in [5.41, 5.74) is 2.70. The van der Waals surface area contributed by atoms with Crippen LogP contribution in [0.25, 0.3) is 0 Å². The first-order chi connectivity index (χ1) is 10.8. The number of carbonyl (C=O) groups is 1. The van der Waals surface area contributed by atoms with Gasteiger partial charge in [-0.05, 0) is 69.2 Å². The Bertz CT molecular complexity index is 685. The van der Waals surface area contributed by atoms with Gasteiger partial charge in [0.1, 0.15) is 11.4 Å².